The van der Waals surface area contributed by atoms with Gasteiger partial charge in [-0.25, -0.2) is 0 Å². The molecule has 0 aliphatic heterocycles. The zero-order chi connectivity index (χ0) is 14.5. The Morgan fingerprint density at radius 1 is 1.40 bits per heavy atom. The number of aromatic nitrogens is 1. The molecular formula is C13H13N5OS. The van der Waals surface area contributed by atoms with Gasteiger partial charge in [-0.1, -0.05) is 12.1 Å². The Balaban J connectivity index is 2.45. The number of hydrogen-bond acceptors (Lipinski definition) is 4. The minimum atomic E-state index is -0.125. The molecule has 1 aromatic heterocycles. The van der Waals surface area contributed by atoms with Gasteiger partial charge in [0.2, 0.25) is 5.91 Å². The molecule has 0 bridgehead atoms. The van der Waals surface area contributed by atoms with E-state index in [4.69, 9.17) is 5.73 Å². The van der Waals surface area contributed by atoms with E-state index in [1.54, 1.807) is 6.20 Å². The van der Waals surface area contributed by atoms with Gasteiger partial charge < -0.3 is 11.1 Å². The summed E-state index contributed by atoms with van der Waals surface area (Å²) in [6.07, 6.45) is 3.18. The maximum atomic E-state index is 11.2. The first-order valence-corrected chi connectivity index (χ1v) is 6.22. The molecule has 1 heterocycles. The number of hydrogen-bond donors (Lipinski definition) is 3. The average Bonchev–Trinajstić information content (AvgIpc) is 2.38. The number of nitrogens with two attached hydrogens (primary N) is 1. The summed E-state index contributed by atoms with van der Waals surface area (Å²) in [5.41, 5.74) is 9.14. The van der Waals surface area contributed by atoms with Crippen LogP contribution in [-0.4, -0.2) is 22.2 Å². The fourth-order valence-electron chi connectivity index (χ4n) is 1.79. The second-order valence-electron chi connectivity index (χ2n) is 4.01. The Morgan fingerprint density at radius 3 is 2.90 bits per heavy atom. The minimum Gasteiger partial charge on any atom is -0.375 e. The maximum Gasteiger partial charge on any atom is 0.221 e. The van der Waals surface area contributed by atoms with E-state index in [1.165, 1.54) is 13.1 Å². The molecule has 0 saturated carbocycles. The average molecular weight is 287 g/mol. The van der Waals surface area contributed by atoms with Crippen molar-refractivity contribution in [2.45, 2.75) is 6.92 Å². The zero-order valence-electron chi connectivity index (χ0n) is 10.8. The molecule has 7 heteroatoms. The van der Waals surface area contributed by atoms with Crippen LogP contribution in [0.25, 0.3) is 10.8 Å². The second-order valence-corrected chi connectivity index (χ2v) is 4.45. The van der Waals surface area contributed by atoms with Crippen LogP contribution in [0, 0.1) is 0 Å². The van der Waals surface area contributed by atoms with Crippen LogP contribution < -0.4 is 16.5 Å². The summed E-state index contributed by atoms with van der Waals surface area (Å²) in [5.74, 6) is -0.125. The van der Waals surface area contributed by atoms with Gasteiger partial charge in [0.05, 0.1) is 11.9 Å². The standard InChI is InChI=1S/C13H13N5OS/c1-8(19)17-11-4-2-3-9-10(11)5-6-15-12(9)7-16-18-13(14)20/h2-7H,1H3,(H,17,19)(H3,14,18,20)/b16-7-. The van der Waals surface area contributed by atoms with Crippen LogP contribution in [0.5, 0.6) is 0 Å². The lowest BCUT2D eigenvalue weighted by atomic mass is 10.1. The molecule has 0 atom stereocenters. The van der Waals surface area contributed by atoms with E-state index in [1.807, 2.05) is 24.3 Å². The number of nitrogens with one attached hydrogen (secondary N) is 2. The number of anilines is 1. The van der Waals surface area contributed by atoms with Gasteiger partial charge in [0.1, 0.15) is 0 Å². The molecular weight excluding hydrogens is 274 g/mol. The van der Waals surface area contributed by atoms with Gasteiger partial charge in [0, 0.05) is 29.6 Å². The number of carbonyl (C=O) groups is 1. The van der Waals surface area contributed by atoms with Crippen molar-refractivity contribution < 1.29 is 4.79 Å². The molecule has 0 radical (unpaired) electrons. The van der Waals surface area contributed by atoms with E-state index >= 15 is 0 Å². The van der Waals surface area contributed by atoms with Crippen molar-refractivity contribution in [2.24, 2.45) is 10.8 Å². The third-order valence-electron chi connectivity index (χ3n) is 2.51. The Labute approximate surface area is 121 Å². The number of fused-ring (bicyclic) bond motifs is 1. The van der Waals surface area contributed by atoms with E-state index in [0.29, 0.717) is 5.69 Å². The van der Waals surface area contributed by atoms with Crippen molar-refractivity contribution in [1.82, 2.24) is 10.4 Å². The Morgan fingerprint density at radius 2 is 2.20 bits per heavy atom. The topological polar surface area (TPSA) is 92.4 Å². The molecule has 0 aliphatic rings. The lowest BCUT2D eigenvalue weighted by Crippen LogP contribution is -2.24. The van der Waals surface area contributed by atoms with E-state index < -0.39 is 0 Å². The van der Waals surface area contributed by atoms with Gasteiger partial charge in [-0.3, -0.25) is 15.2 Å². The summed E-state index contributed by atoms with van der Waals surface area (Å²) in [4.78, 5) is 15.4. The number of hydrazone groups is 1. The van der Waals surface area contributed by atoms with E-state index in [9.17, 15) is 4.79 Å². The highest BCUT2D eigenvalue weighted by Crippen LogP contribution is 2.24. The van der Waals surface area contributed by atoms with Crippen molar-refractivity contribution in [1.29, 1.82) is 0 Å². The van der Waals surface area contributed by atoms with E-state index in [-0.39, 0.29) is 11.0 Å². The highest BCUT2D eigenvalue weighted by molar-refractivity contribution is 7.80. The molecule has 4 N–H and O–H groups in total. The first-order valence-electron chi connectivity index (χ1n) is 5.82. The van der Waals surface area contributed by atoms with Crippen molar-refractivity contribution in [3.63, 3.8) is 0 Å². The number of thiocarbonyl (C=S) groups is 1. The number of carbonyl (C=O) groups excluding carboxylic acids is 1. The van der Waals surface area contributed by atoms with Crippen LogP contribution in [0.2, 0.25) is 0 Å². The maximum absolute atomic E-state index is 11.2. The predicted molar refractivity (Wildman–Crippen MR) is 83.6 cm³/mol. The third-order valence-corrected chi connectivity index (χ3v) is 2.60. The van der Waals surface area contributed by atoms with Gasteiger partial charge in [-0.2, -0.15) is 5.10 Å². The Bertz CT molecular complexity index is 698. The van der Waals surface area contributed by atoms with Gasteiger partial charge in [0.15, 0.2) is 5.11 Å². The molecule has 102 valence electrons. The Hall–Kier alpha value is -2.54. The molecule has 0 aliphatic carbocycles. The summed E-state index contributed by atoms with van der Waals surface area (Å²) < 4.78 is 0. The summed E-state index contributed by atoms with van der Waals surface area (Å²) in [5, 5.41) is 8.51. The van der Waals surface area contributed by atoms with Gasteiger partial charge in [-0.05, 0) is 24.4 Å². The number of amides is 1. The summed E-state index contributed by atoms with van der Waals surface area (Å²) in [6, 6.07) is 7.40. The van der Waals surface area contributed by atoms with Gasteiger partial charge in [0.25, 0.3) is 0 Å². The SMILES string of the molecule is CC(=O)Nc1cccc2c(/C=N\NC(N)=S)nccc12. The van der Waals surface area contributed by atoms with Gasteiger partial charge in [-0.15, -0.1) is 0 Å². The fourth-order valence-corrected chi connectivity index (χ4v) is 1.84. The highest BCUT2D eigenvalue weighted by atomic mass is 32.1. The van der Waals surface area contributed by atoms with Crippen molar-refractivity contribution >= 4 is 45.9 Å². The molecule has 1 amide bonds. The molecule has 6 nitrogen and oxygen atoms in total. The molecule has 0 spiro atoms. The van der Waals surface area contributed by atoms with Crippen molar-refractivity contribution in [3.8, 4) is 0 Å². The minimum absolute atomic E-state index is 0.0837. The highest BCUT2D eigenvalue weighted by Gasteiger charge is 2.05. The second kappa shape index (κ2) is 6.07. The number of nitrogens with zero attached hydrogens (tertiary/aromatic N) is 2. The zero-order valence-corrected chi connectivity index (χ0v) is 11.6. The van der Waals surface area contributed by atoms with Crippen LogP contribution >= 0.6 is 12.2 Å². The summed E-state index contributed by atoms with van der Waals surface area (Å²) in [7, 11) is 0. The summed E-state index contributed by atoms with van der Waals surface area (Å²) in [6.45, 7) is 1.47. The van der Waals surface area contributed by atoms with E-state index in [2.05, 4.69) is 33.0 Å². The van der Waals surface area contributed by atoms with Crippen molar-refractivity contribution in [3.05, 3.63) is 36.2 Å². The lowest BCUT2D eigenvalue weighted by molar-refractivity contribution is -0.114. The number of pyridine rings is 1. The van der Waals surface area contributed by atoms with E-state index in [0.717, 1.165) is 16.5 Å². The number of benzene rings is 1. The fraction of sp³-hybridized carbons (Fsp3) is 0.0769. The molecule has 20 heavy (non-hydrogen) atoms. The normalized spacial score (nSPS) is 10.7. The smallest absolute Gasteiger partial charge is 0.221 e. The monoisotopic (exact) mass is 287 g/mol. The first kappa shape index (κ1) is 13.9. The Kier molecular flexibility index (Phi) is 4.21. The lowest BCUT2D eigenvalue weighted by Gasteiger charge is -2.08. The molecule has 1 aromatic carbocycles. The molecule has 0 saturated heterocycles. The van der Waals surface area contributed by atoms with Crippen LogP contribution in [0.15, 0.2) is 35.6 Å². The number of rotatable bonds is 3. The van der Waals surface area contributed by atoms with Crippen LogP contribution in [0.4, 0.5) is 5.69 Å². The molecule has 2 aromatic rings. The van der Waals surface area contributed by atoms with Gasteiger partial charge >= 0.3 is 0 Å². The van der Waals surface area contributed by atoms with Crippen LogP contribution in [-0.2, 0) is 4.79 Å². The molecule has 0 fully saturated rings. The summed E-state index contributed by atoms with van der Waals surface area (Å²) >= 11 is 4.66. The molecule has 2 rings (SSSR count). The first-order chi connectivity index (χ1) is 9.58. The van der Waals surface area contributed by atoms with Crippen LogP contribution in [0.1, 0.15) is 12.6 Å². The quantitative estimate of drug-likeness (QED) is 0.450. The van der Waals surface area contributed by atoms with Crippen LogP contribution in [0.3, 0.4) is 0 Å². The third kappa shape index (κ3) is 3.27. The largest absolute Gasteiger partial charge is 0.375 e. The molecule has 0 unspecified atom stereocenters. The predicted octanol–water partition coefficient (Wildman–Crippen LogP) is 1.36. The van der Waals surface area contributed by atoms with Crippen molar-refractivity contribution in [2.75, 3.05) is 5.32 Å².